The highest BCUT2D eigenvalue weighted by molar-refractivity contribution is 7.11. The number of nitrogens with zero attached hydrogens (tertiary/aromatic N) is 2. The minimum atomic E-state index is -0.0187. The average molecular weight is 311 g/mol. The van der Waals surface area contributed by atoms with Crippen LogP contribution in [-0.2, 0) is 6.54 Å². The van der Waals surface area contributed by atoms with Crippen LogP contribution in [0.15, 0.2) is 12.1 Å². The molecule has 6 heteroatoms. The van der Waals surface area contributed by atoms with Crippen LogP contribution in [0.4, 0.5) is 4.79 Å². The van der Waals surface area contributed by atoms with Crippen molar-refractivity contribution in [3.8, 4) is 0 Å². The standard InChI is InChI=1S/C15H25N3O2S/c1-12-4-5-14(21-12)11-18(7-3-9-19)15(20)16-13-6-8-17(2)10-13/h4-5,13,19H,3,6-11H2,1-2H3,(H,16,20). The molecular weight excluding hydrogens is 286 g/mol. The number of thiophene rings is 1. The van der Waals surface area contributed by atoms with Crippen LogP contribution in [0.1, 0.15) is 22.6 Å². The summed E-state index contributed by atoms with van der Waals surface area (Å²) in [5.74, 6) is 0. The van der Waals surface area contributed by atoms with E-state index in [9.17, 15) is 4.79 Å². The first-order valence-corrected chi connectivity index (χ1v) is 8.30. The zero-order valence-electron chi connectivity index (χ0n) is 12.8. The number of nitrogens with one attached hydrogen (secondary N) is 1. The Bertz CT molecular complexity index is 464. The molecule has 2 heterocycles. The number of likely N-dealkylation sites (N-methyl/N-ethyl adjacent to an activating group) is 1. The summed E-state index contributed by atoms with van der Waals surface area (Å²) >= 11 is 1.72. The predicted octanol–water partition coefficient (Wildman–Crippen LogP) is 1.65. The number of likely N-dealkylation sites (tertiary alicyclic amines) is 1. The van der Waals surface area contributed by atoms with Crippen molar-refractivity contribution in [3.63, 3.8) is 0 Å². The second-order valence-corrected chi connectivity index (χ2v) is 7.08. The summed E-state index contributed by atoms with van der Waals surface area (Å²) in [7, 11) is 2.07. The summed E-state index contributed by atoms with van der Waals surface area (Å²) in [5.41, 5.74) is 0. The minimum Gasteiger partial charge on any atom is -0.396 e. The van der Waals surface area contributed by atoms with Crippen molar-refractivity contribution in [2.45, 2.75) is 32.4 Å². The van der Waals surface area contributed by atoms with E-state index in [1.807, 2.05) is 0 Å². The van der Waals surface area contributed by atoms with Crippen LogP contribution in [0.25, 0.3) is 0 Å². The fraction of sp³-hybridized carbons (Fsp3) is 0.667. The van der Waals surface area contributed by atoms with Gasteiger partial charge in [-0.25, -0.2) is 4.79 Å². The van der Waals surface area contributed by atoms with Gasteiger partial charge in [0.2, 0.25) is 0 Å². The first kappa shape index (κ1) is 16.3. The van der Waals surface area contributed by atoms with Crippen LogP contribution >= 0.6 is 11.3 Å². The van der Waals surface area contributed by atoms with Crippen LogP contribution in [0, 0.1) is 6.92 Å². The number of carbonyl (C=O) groups is 1. The molecule has 1 aliphatic heterocycles. The summed E-state index contributed by atoms with van der Waals surface area (Å²) < 4.78 is 0. The maximum atomic E-state index is 12.4. The minimum absolute atomic E-state index is 0.0187. The van der Waals surface area contributed by atoms with E-state index in [1.54, 1.807) is 16.2 Å². The summed E-state index contributed by atoms with van der Waals surface area (Å²) in [4.78, 5) is 18.9. The molecule has 0 radical (unpaired) electrons. The average Bonchev–Trinajstić information content (AvgIpc) is 3.03. The van der Waals surface area contributed by atoms with Gasteiger partial charge in [-0.1, -0.05) is 0 Å². The summed E-state index contributed by atoms with van der Waals surface area (Å²) in [6.45, 7) is 5.33. The molecule has 2 amide bonds. The normalized spacial score (nSPS) is 18.9. The highest BCUT2D eigenvalue weighted by Gasteiger charge is 2.23. The molecule has 1 saturated heterocycles. The van der Waals surface area contributed by atoms with Crippen LogP contribution < -0.4 is 5.32 Å². The van der Waals surface area contributed by atoms with Crippen molar-refractivity contribution in [2.24, 2.45) is 0 Å². The number of hydrogen-bond donors (Lipinski definition) is 2. The zero-order chi connectivity index (χ0) is 15.2. The van der Waals surface area contributed by atoms with Gasteiger partial charge in [0.05, 0.1) is 6.54 Å². The van der Waals surface area contributed by atoms with Crippen molar-refractivity contribution < 1.29 is 9.90 Å². The Morgan fingerprint density at radius 1 is 1.57 bits per heavy atom. The molecule has 0 bridgehead atoms. The molecule has 2 rings (SSSR count). The van der Waals surface area contributed by atoms with Crippen molar-refractivity contribution >= 4 is 17.4 Å². The van der Waals surface area contributed by atoms with Gasteiger partial charge in [-0.3, -0.25) is 0 Å². The molecule has 0 saturated carbocycles. The molecule has 0 aliphatic carbocycles. The van der Waals surface area contributed by atoms with Gasteiger partial charge in [-0.05, 0) is 45.5 Å². The Morgan fingerprint density at radius 2 is 2.38 bits per heavy atom. The Morgan fingerprint density at radius 3 is 2.95 bits per heavy atom. The number of hydrogen-bond acceptors (Lipinski definition) is 4. The fourth-order valence-electron chi connectivity index (χ4n) is 2.59. The number of rotatable bonds is 6. The molecule has 5 nitrogen and oxygen atoms in total. The van der Waals surface area contributed by atoms with E-state index in [0.29, 0.717) is 19.5 Å². The lowest BCUT2D eigenvalue weighted by Gasteiger charge is -2.24. The van der Waals surface area contributed by atoms with E-state index in [-0.39, 0.29) is 18.7 Å². The van der Waals surface area contributed by atoms with E-state index in [1.165, 1.54) is 9.75 Å². The van der Waals surface area contributed by atoms with E-state index in [2.05, 4.69) is 36.3 Å². The van der Waals surface area contributed by atoms with Crippen LogP contribution in [0.5, 0.6) is 0 Å². The number of amides is 2. The van der Waals surface area contributed by atoms with Crippen molar-refractivity contribution in [1.82, 2.24) is 15.1 Å². The molecule has 1 aromatic rings. The Hall–Kier alpha value is -1.11. The van der Waals surface area contributed by atoms with Crippen molar-refractivity contribution in [3.05, 3.63) is 21.9 Å². The van der Waals surface area contributed by atoms with E-state index < -0.39 is 0 Å². The number of aliphatic hydroxyl groups excluding tert-OH is 1. The Kier molecular flexibility index (Phi) is 6.02. The van der Waals surface area contributed by atoms with Gasteiger partial charge in [0.25, 0.3) is 0 Å². The fourth-order valence-corrected chi connectivity index (χ4v) is 3.50. The number of carbonyl (C=O) groups excluding carboxylic acids is 1. The predicted molar refractivity (Wildman–Crippen MR) is 85.6 cm³/mol. The van der Waals surface area contributed by atoms with Gasteiger partial charge in [-0.15, -0.1) is 11.3 Å². The third-order valence-corrected chi connectivity index (χ3v) is 4.72. The number of urea groups is 1. The van der Waals surface area contributed by atoms with Crippen LogP contribution in [-0.4, -0.2) is 60.3 Å². The number of aryl methyl sites for hydroxylation is 1. The quantitative estimate of drug-likeness (QED) is 0.840. The molecule has 2 N–H and O–H groups in total. The van der Waals surface area contributed by atoms with Gasteiger partial charge < -0.3 is 20.2 Å². The summed E-state index contributed by atoms with van der Waals surface area (Å²) in [6.07, 6.45) is 1.62. The monoisotopic (exact) mass is 311 g/mol. The second-order valence-electron chi connectivity index (χ2n) is 5.71. The smallest absolute Gasteiger partial charge is 0.317 e. The molecule has 0 spiro atoms. The van der Waals surface area contributed by atoms with Crippen LogP contribution in [0.3, 0.4) is 0 Å². The molecule has 21 heavy (non-hydrogen) atoms. The van der Waals surface area contributed by atoms with Crippen LogP contribution in [0.2, 0.25) is 0 Å². The molecular formula is C15H25N3O2S. The molecule has 0 aromatic carbocycles. The Balaban J connectivity index is 1.92. The van der Waals surface area contributed by atoms with E-state index in [4.69, 9.17) is 5.11 Å². The van der Waals surface area contributed by atoms with Gasteiger partial charge in [-0.2, -0.15) is 0 Å². The molecule has 1 aromatic heterocycles. The first-order chi connectivity index (χ1) is 10.1. The molecule has 1 fully saturated rings. The van der Waals surface area contributed by atoms with Gasteiger partial charge in [0.1, 0.15) is 0 Å². The highest BCUT2D eigenvalue weighted by atomic mass is 32.1. The van der Waals surface area contributed by atoms with Gasteiger partial charge >= 0.3 is 6.03 Å². The molecule has 1 unspecified atom stereocenters. The summed E-state index contributed by atoms with van der Waals surface area (Å²) in [5, 5.41) is 12.1. The van der Waals surface area contributed by atoms with E-state index in [0.717, 1.165) is 19.5 Å². The summed E-state index contributed by atoms with van der Waals surface area (Å²) in [6, 6.07) is 4.37. The highest BCUT2D eigenvalue weighted by Crippen LogP contribution is 2.17. The van der Waals surface area contributed by atoms with Gasteiger partial charge in [0.15, 0.2) is 0 Å². The van der Waals surface area contributed by atoms with Crippen molar-refractivity contribution in [2.75, 3.05) is 33.3 Å². The largest absolute Gasteiger partial charge is 0.396 e. The maximum Gasteiger partial charge on any atom is 0.317 e. The van der Waals surface area contributed by atoms with Gasteiger partial charge in [0, 0.05) is 35.5 Å². The third kappa shape index (κ3) is 4.98. The lowest BCUT2D eigenvalue weighted by Crippen LogP contribution is -2.45. The topological polar surface area (TPSA) is 55.8 Å². The third-order valence-electron chi connectivity index (χ3n) is 3.74. The number of aliphatic hydroxyl groups is 1. The lowest BCUT2D eigenvalue weighted by molar-refractivity contribution is 0.183. The molecule has 118 valence electrons. The van der Waals surface area contributed by atoms with E-state index >= 15 is 0 Å². The lowest BCUT2D eigenvalue weighted by atomic mass is 10.2. The second kappa shape index (κ2) is 7.77. The first-order valence-electron chi connectivity index (χ1n) is 7.48. The molecule has 1 aliphatic rings. The van der Waals surface area contributed by atoms with Crippen molar-refractivity contribution in [1.29, 1.82) is 0 Å². The SMILES string of the molecule is Cc1ccc(CN(CCCO)C(=O)NC2CCN(C)C2)s1. The molecule has 1 atom stereocenters. The zero-order valence-corrected chi connectivity index (χ0v) is 13.7. The Labute approximate surface area is 130 Å². The maximum absolute atomic E-state index is 12.4.